The summed E-state index contributed by atoms with van der Waals surface area (Å²) in [6, 6.07) is 5.76. The maximum Gasteiger partial charge on any atom is 0.254 e. The van der Waals surface area contributed by atoms with Gasteiger partial charge in [-0.05, 0) is 30.5 Å². The Morgan fingerprint density at radius 3 is 3.12 bits per heavy atom. The summed E-state index contributed by atoms with van der Waals surface area (Å²) in [5.41, 5.74) is 7.01. The Morgan fingerprint density at radius 2 is 2.29 bits per heavy atom. The van der Waals surface area contributed by atoms with Crippen LogP contribution in [0.4, 0.5) is 0 Å². The fraction of sp³-hybridized carbons (Fsp3) is 0.389. The van der Waals surface area contributed by atoms with E-state index in [1.165, 1.54) is 11.3 Å². The van der Waals surface area contributed by atoms with E-state index in [9.17, 15) is 4.79 Å². The molecule has 0 unspecified atom stereocenters. The van der Waals surface area contributed by atoms with Gasteiger partial charge in [-0.2, -0.15) is 5.10 Å². The fourth-order valence-electron chi connectivity index (χ4n) is 3.25. The first-order valence-corrected chi connectivity index (χ1v) is 9.17. The van der Waals surface area contributed by atoms with Gasteiger partial charge in [0.2, 0.25) is 0 Å². The number of rotatable bonds is 3. The van der Waals surface area contributed by atoms with Crippen molar-refractivity contribution < 1.29 is 4.79 Å². The Bertz CT molecular complexity index is 895. The number of carbonyl (C=O) groups is 1. The topological polar surface area (TPSA) is 61.9 Å². The van der Waals surface area contributed by atoms with Gasteiger partial charge < -0.3 is 4.90 Å². The minimum atomic E-state index is 0.0904. The predicted molar refractivity (Wildman–Crippen MR) is 95.2 cm³/mol. The average molecular weight is 340 g/mol. The van der Waals surface area contributed by atoms with E-state index >= 15 is 0 Å². The summed E-state index contributed by atoms with van der Waals surface area (Å²) in [5, 5.41) is 7.63. The van der Waals surface area contributed by atoms with Gasteiger partial charge in [-0.3, -0.25) is 9.89 Å². The minimum absolute atomic E-state index is 0.0904. The molecule has 1 aromatic carbocycles. The van der Waals surface area contributed by atoms with Crippen LogP contribution in [-0.4, -0.2) is 32.5 Å². The van der Waals surface area contributed by atoms with E-state index < -0.39 is 0 Å². The highest BCUT2D eigenvalue weighted by Gasteiger charge is 2.26. The van der Waals surface area contributed by atoms with Crippen molar-refractivity contribution in [3.63, 3.8) is 0 Å². The molecule has 1 aliphatic rings. The molecule has 0 atom stereocenters. The van der Waals surface area contributed by atoms with Crippen molar-refractivity contribution in [3.8, 4) is 0 Å². The van der Waals surface area contributed by atoms with Gasteiger partial charge in [0.15, 0.2) is 0 Å². The summed E-state index contributed by atoms with van der Waals surface area (Å²) in [5.74, 6) is 0.643. The second-order valence-electron chi connectivity index (χ2n) is 6.74. The number of carbonyl (C=O) groups excluding carboxylic acids is 1. The van der Waals surface area contributed by atoms with Gasteiger partial charge in [-0.15, -0.1) is 11.3 Å². The molecular weight excluding hydrogens is 320 g/mol. The molecule has 2 aromatic heterocycles. The highest BCUT2D eigenvalue weighted by atomic mass is 32.1. The van der Waals surface area contributed by atoms with Gasteiger partial charge in [0.25, 0.3) is 5.91 Å². The van der Waals surface area contributed by atoms with Crippen molar-refractivity contribution in [1.29, 1.82) is 0 Å². The molecule has 0 aliphatic carbocycles. The van der Waals surface area contributed by atoms with E-state index in [1.54, 1.807) is 11.3 Å². The molecule has 6 heteroatoms. The highest BCUT2D eigenvalue weighted by Crippen LogP contribution is 2.25. The number of amides is 1. The number of hydrogen-bond donors (Lipinski definition) is 1. The summed E-state index contributed by atoms with van der Waals surface area (Å²) >= 11 is 1.57. The van der Waals surface area contributed by atoms with Gasteiger partial charge in [-0.1, -0.05) is 13.8 Å². The smallest absolute Gasteiger partial charge is 0.254 e. The number of nitrogens with one attached hydrogen (secondary N) is 1. The van der Waals surface area contributed by atoms with Crippen LogP contribution in [0.25, 0.3) is 10.2 Å². The predicted octanol–water partition coefficient (Wildman–Crippen LogP) is 3.42. The molecule has 0 radical (unpaired) electrons. The molecule has 0 saturated heterocycles. The number of fused-ring (bicyclic) bond motifs is 2. The molecule has 3 aromatic rings. The van der Waals surface area contributed by atoms with Crippen molar-refractivity contribution in [2.45, 2.75) is 33.2 Å². The summed E-state index contributed by atoms with van der Waals surface area (Å²) in [4.78, 5) is 19.1. The third-order valence-corrected chi connectivity index (χ3v) is 5.28. The zero-order valence-corrected chi connectivity index (χ0v) is 14.7. The van der Waals surface area contributed by atoms with Crippen molar-refractivity contribution in [1.82, 2.24) is 20.1 Å². The van der Waals surface area contributed by atoms with Crippen LogP contribution in [0.5, 0.6) is 0 Å². The van der Waals surface area contributed by atoms with E-state index in [-0.39, 0.29) is 5.91 Å². The maximum atomic E-state index is 12.9. The third kappa shape index (κ3) is 2.71. The van der Waals surface area contributed by atoms with Crippen LogP contribution < -0.4 is 0 Å². The molecule has 3 heterocycles. The molecule has 124 valence electrons. The highest BCUT2D eigenvalue weighted by molar-refractivity contribution is 7.16. The van der Waals surface area contributed by atoms with Crippen molar-refractivity contribution >= 4 is 27.5 Å². The Hall–Kier alpha value is -2.21. The molecule has 5 nitrogen and oxygen atoms in total. The number of aromatic amines is 1. The minimum Gasteiger partial charge on any atom is -0.334 e. The molecule has 1 N–H and O–H groups in total. The second-order valence-corrected chi connectivity index (χ2v) is 7.62. The van der Waals surface area contributed by atoms with Gasteiger partial charge in [0.1, 0.15) is 0 Å². The van der Waals surface area contributed by atoms with Crippen LogP contribution in [-0.2, 0) is 19.4 Å². The van der Waals surface area contributed by atoms with Crippen molar-refractivity contribution in [3.05, 3.63) is 46.2 Å². The van der Waals surface area contributed by atoms with Crippen LogP contribution >= 0.6 is 11.3 Å². The number of aromatic nitrogens is 3. The monoisotopic (exact) mass is 340 g/mol. The molecule has 24 heavy (non-hydrogen) atoms. The Labute approximate surface area is 144 Å². The molecular formula is C18H20N4OS. The third-order valence-electron chi connectivity index (χ3n) is 4.49. The summed E-state index contributed by atoms with van der Waals surface area (Å²) in [6.07, 6.45) is 1.79. The zero-order chi connectivity index (χ0) is 16.7. The number of nitrogens with zero attached hydrogens (tertiary/aromatic N) is 3. The average Bonchev–Trinajstić information content (AvgIpc) is 3.19. The summed E-state index contributed by atoms with van der Waals surface area (Å²) in [6.45, 7) is 5.76. The quantitative estimate of drug-likeness (QED) is 0.795. The second kappa shape index (κ2) is 6.02. The Kier molecular flexibility index (Phi) is 3.84. The first kappa shape index (κ1) is 15.3. The van der Waals surface area contributed by atoms with Crippen LogP contribution in [0, 0.1) is 5.92 Å². The maximum absolute atomic E-state index is 12.9. The van der Waals surface area contributed by atoms with E-state index in [2.05, 4.69) is 29.0 Å². The summed E-state index contributed by atoms with van der Waals surface area (Å²) < 4.78 is 1.06. The lowest BCUT2D eigenvalue weighted by molar-refractivity contribution is 0.0734. The lowest BCUT2D eigenvalue weighted by Crippen LogP contribution is -2.36. The van der Waals surface area contributed by atoms with Crippen LogP contribution in [0.15, 0.2) is 23.7 Å². The molecule has 0 bridgehead atoms. The molecule has 4 rings (SSSR count). The summed E-state index contributed by atoms with van der Waals surface area (Å²) in [7, 11) is 0. The van der Waals surface area contributed by atoms with Crippen LogP contribution in [0.2, 0.25) is 0 Å². The van der Waals surface area contributed by atoms with Crippen LogP contribution in [0.1, 0.15) is 41.2 Å². The standard InChI is InChI=1S/C18H20N4OS/c1-11(2)7-16-13-9-22(6-5-14(13)20-21-16)18(23)12-3-4-15-17(8-12)24-10-19-15/h3-4,8,10-11H,5-7,9H2,1-2H3,(H,20,21). The van der Waals surface area contributed by atoms with Gasteiger partial charge >= 0.3 is 0 Å². The first-order chi connectivity index (χ1) is 11.6. The number of thiazole rings is 1. The lowest BCUT2D eigenvalue weighted by atomic mass is 9.99. The normalized spacial score (nSPS) is 14.4. The SMILES string of the molecule is CC(C)Cc1n[nH]c2c1CN(C(=O)c1ccc3ncsc3c1)CC2. The van der Waals surface area contributed by atoms with Gasteiger partial charge in [0, 0.05) is 36.3 Å². The molecule has 0 spiro atoms. The first-order valence-electron chi connectivity index (χ1n) is 8.29. The number of hydrogen-bond acceptors (Lipinski definition) is 4. The van der Waals surface area contributed by atoms with E-state index in [0.717, 1.165) is 40.9 Å². The molecule has 1 aliphatic heterocycles. The number of benzene rings is 1. The van der Waals surface area contributed by atoms with Crippen LogP contribution in [0.3, 0.4) is 0 Å². The van der Waals surface area contributed by atoms with Gasteiger partial charge in [0.05, 0.1) is 21.4 Å². The van der Waals surface area contributed by atoms with E-state index in [4.69, 9.17) is 0 Å². The largest absolute Gasteiger partial charge is 0.334 e. The van der Waals surface area contributed by atoms with Gasteiger partial charge in [-0.25, -0.2) is 4.98 Å². The molecule has 0 fully saturated rings. The van der Waals surface area contributed by atoms with E-state index in [0.29, 0.717) is 12.5 Å². The fourth-order valence-corrected chi connectivity index (χ4v) is 3.97. The number of H-pyrrole nitrogens is 1. The van der Waals surface area contributed by atoms with E-state index in [1.807, 2.05) is 28.6 Å². The Morgan fingerprint density at radius 1 is 1.42 bits per heavy atom. The molecule has 0 saturated carbocycles. The zero-order valence-electron chi connectivity index (χ0n) is 13.9. The van der Waals surface area contributed by atoms with Crippen molar-refractivity contribution in [2.24, 2.45) is 5.92 Å². The Balaban J connectivity index is 1.59. The van der Waals surface area contributed by atoms with Crippen molar-refractivity contribution in [2.75, 3.05) is 6.54 Å². The molecule has 1 amide bonds. The lowest BCUT2D eigenvalue weighted by Gasteiger charge is -2.27.